The molecule has 1 aliphatic rings. The molecule has 0 radical (unpaired) electrons. The Morgan fingerprint density at radius 1 is 1.19 bits per heavy atom. The number of benzene rings is 1. The molecule has 1 aliphatic heterocycles. The molecule has 134 valence electrons. The Bertz CT molecular complexity index is 963. The minimum absolute atomic E-state index is 0.0131. The van der Waals surface area contributed by atoms with E-state index in [0.717, 1.165) is 46.9 Å². The molecule has 1 aromatic carbocycles. The number of furan rings is 1. The smallest absolute Gasteiger partial charge is 0.217 e. The highest BCUT2D eigenvalue weighted by Crippen LogP contribution is 2.35. The molecule has 0 saturated carbocycles. The lowest BCUT2D eigenvalue weighted by atomic mass is 10.0. The van der Waals surface area contributed by atoms with Crippen LogP contribution in [0.25, 0.3) is 10.9 Å². The lowest BCUT2D eigenvalue weighted by Crippen LogP contribution is -2.38. The molecule has 5 heteroatoms. The molecule has 0 aliphatic carbocycles. The Morgan fingerprint density at radius 3 is 2.73 bits per heavy atom. The van der Waals surface area contributed by atoms with E-state index in [1.807, 2.05) is 44.2 Å². The third kappa shape index (κ3) is 3.05. The van der Waals surface area contributed by atoms with Crippen molar-refractivity contribution in [1.82, 2.24) is 10.3 Å². The normalized spacial score (nSPS) is 19.9. The van der Waals surface area contributed by atoms with Gasteiger partial charge >= 0.3 is 0 Å². The molecule has 2 atom stereocenters. The van der Waals surface area contributed by atoms with Gasteiger partial charge < -0.3 is 14.6 Å². The van der Waals surface area contributed by atoms with Crippen molar-refractivity contribution in [2.45, 2.75) is 32.7 Å². The second-order valence-electron chi connectivity index (χ2n) is 7.07. The predicted octanol–water partition coefficient (Wildman–Crippen LogP) is 3.55. The summed E-state index contributed by atoms with van der Waals surface area (Å²) in [6.07, 6.45) is 0. The van der Waals surface area contributed by atoms with Crippen molar-refractivity contribution in [2.75, 3.05) is 18.0 Å². The standard InChI is InChI=1S/C21H23N3O2/c1-13-10-20(16-6-4-5-7-18(16)22-13)24-11-17(19(12-24)23-15(3)25)21-9-8-14(2)26-21/h4-10,17,19H,11-12H2,1-3H3,(H,23,25)/t17-,19-/m1/s1. The highest BCUT2D eigenvalue weighted by molar-refractivity contribution is 5.92. The molecule has 1 N–H and O–H groups in total. The van der Waals surface area contributed by atoms with E-state index >= 15 is 0 Å². The molecule has 1 saturated heterocycles. The number of rotatable bonds is 3. The summed E-state index contributed by atoms with van der Waals surface area (Å²) in [6.45, 7) is 7.08. The number of aromatic nitrogens is 1. The molecule has 1 amide bonds. The molecule has 1 fully saturated rings. The zero-order valence-electron chi connectivity index (χ0n) is 15.3. The summed E-state index contributed by atoms with van der Waals surface area (Å²) in [4.78, 5) is 18.7. The summed E-state index contributed by atoms with van der Waals surface area (Å²) in [6, 6.07) is 14.3. The number of pyridine rings is 1. The summed E-state index contributed by atoms with van der Waals surface area (Å²) in [5.41, 5.74) is 3.15. The van der Waals surface area contributed by atoms with Crippen LogP contribution in [0.5, 0.6) is 0 Å². The van der Waals surface area contributed by atoms with Gasteiger partial charge in [0, 0.05) is 36.8 Å². The van der Waals surface area contributed by atoms with E-state index in [-0.39, 0.29) is 17.9 Å². The zero-order chi connectivity index (χ0) is 18.3. The monoisotopic (exact) mass is 349 g/mol. The Kier molecular flexibility index (Phi) is 4.15. The van der Waals surface area contributed by atoms with Crippen molar-refractivity contribution in [3.05, 3.63) is 59.7 Å². The molecule has 26 heavy (non-hydrogen) atoms. The molecule has 0 bridgehead atoms. The van der Waals surface area contributed by atoms with Gasteiger partial charge in [0.1, 0.15) is 11.5 Å². The van der Waals surface area contributed by atoms with Gasteiger partial charge in [-0.3, -0.25) is 9.78 Å². The van der Waals surface area contributed by atoms with Gasteiger partial charge in [-0.25, -0.2) is 0 Å². The van der Waals surface area contributed by atoms with Gasteiger partial charge in [-0.05, 0) is 38.1 Å². The summed E-state index contributed by atoms with van der Waals surface area (Å²) in [5.74, 6) is 1.93. The van der Waals surface area contributed by atoms with E-state index in [4.69, 9.17) is 4.42 Å². The first-order valence-corrected chi connectivity index (χ1v) is 8.96. The van der Waals surface area contributed by atoms with Gasteiger partial charge in [0.15, 0.2) is 0 Å². The van der Waals surface area contributed by atoms with Crippen molar-refractivity contribution in [2.24, 2.45) is 0 Å². The number of anilines is 1. The lowest BCUT2D eigenvalue weighted by Gasteiger charge is -2.21. The molecule has 3 heterocycles. The summed E-state index contributed by atoms with van der Waals surface area (Å²) >= 11 is 0. The molecule has 0 unspecified atom stereocenters. The van der Waals surface area contributed by atoms with Crippen LogP contribution in [0.4, 0.5) is 5.69 Å². The Labute approximate surface area is 153 Å². The maximum absolute atomic E-state index is 11.7. The largest absolute Gasteiger partial charge is 0.466 e. The van der Waals surface area contributed by atoms with E-state index in [1.165, 1.54) is 0 Å². The van der Waals surface area contributed by atoms with Crippen LogP contribution in [-0.4, -0.2) is 30.0 Å². The topological polar surface area (TPSA) is 58.4 Å². The number of nitrogens with zero attached hydrogens (tertiary/aromatic N) is 2. The van der Waals surface area contributed by atoms with E-state index in [1.54, 1.807) is 6.92 Å². The number of fused-ring (bicyclic) bond motifs is 1. The molecule has 5 nitrogen and oxygen atoms in total. The van der Waals surface area contributed by atoms with Crippen LogP contribution >= 0.6 is 0 Å². The number of aryl methyl sites for hydroxylation is 2. The average molecular weight is 349 g/mol. The fourth-order valence-corrected chi connectivity index (χ4v) is 3.90. The van der Waals surface area contributed by atoms with E-state index in [9.17, 15) is 4.79 Å². The average Bonchev–Trinajstić information content (AvgIpc) is 3.19. The van der Waals surface area contributed by atoms with Crippen molar-refractivity contribution < 1.29 is 9.21 Å². The minimum Gasteiger partial charge on any atom is -0.466 e. The third-order valence-corrected chi connectivity index (χ3v) is 5.00. The van der Waals surface area contributed by atoms with Gasteiger partial charge in [-0.2, -0.15) is 0 Å². The van der Waals surface area contributed by atoms with Crippen molar-refractivity contribution in [3.8, 4) is 0 Å². The predicted molar refractivity (Wildman–Crippen MR) is 102 cm³/mol. The highest BCUT2D eigenvalue weighted by atomic mass is 16.3. The van der Waals surface area contributed by atoms with Gasteiger partial charge in [-0.15, -0.1) is 0 Å². The van der Waals surface area contributed by atoms with Gasteiger partial charge in [0.2, 0.25) is 5.91 Å². The number of carbonyl (C=O) groups excluding carboxylic acids is 1. The number of amides is 1. The maximum atomic E-state index is 11.7. The first kappa shape index (κ1) is 16.6. The van der Waals surface area contributed by atoms with Crippen LogP contribution in [0.1, 0.15) is 30.1 Å². The number of nitrogens with one attached hydrogen (secondary N) is 1. The molecular formula is C21H23N3O2. The van der Waals surface area contributed by atoms with Crippen LogP contribution in [0.3, 0.4) is 0 Å². The lowest BCUT2D eigenvalue weighted by molar-refractivity contribution is -0.119. The fourth-order valence-electron chi connectivity index (χ4n) is 3.90. The number of para-hydroxylation sites is 1. The highest BCUT2D eigenvalue weighted by Gasteiger charge is 2.37. The molecule has 4 rings (SSSR count). The Hall–Kier alpha value is -2.82. The summed E-state index contributed by atoms with van der Waals surface area (Å²) in [5, 5.41) is 4.24. The van der Waals surface area contributed by atoms with Crippen LogP contribution in [0, 0.1) is 13.8 Å². The van der Waals surface area contributed by atoms with Gasteiger partial charge in [0.05, 0.1) is 17.5 Å². The molecular weight excluding hydrogens is 326 g/mol. The second-order valence-corrected chi connectivity index (χ2v) is 7.07. The fraction of sp³-hybridized carbons (Fsp3) is 0.333. The SMILES string of the molecule is CC(=O)N[C@@H]1CN(c2cc(C)nc3ccccc23)C[C@H]1c1ccc(C)o1. The quantitative estimate of drug-likeness (QED) is 0.785. The van der Waals surface area contributed by atoms with Crippen LogP contribution in [0.15, 0.2) is 46.9 Å². The van der Waals surface area contributed by atoms with Crippen molar-refractivity contribution in [1.29, 1.82) is 0 Å². The summed E-state index contributed by atoms with van der Waals surface area (Å²) in [7, 11) is 0. The first-order chi connectivity index (χ1) is 12.5. The zero-order valence-corrected chi connectivity index (χ0v) is 15.3. The van der Waals surface area contributed by atoms with E-state index < -0.39 is 0 Å². The third-order valence-electron chi connectivity index (χ3n) is 5.00. The maximum Gasteiger partial charge on any atom is 0.217 e. The molecule has 0 spiro atoms. The van der Waals surface area contributed by atoms with Crippen molar-refractivity contribution in [3.63, 3.8) is 0 Å². The molecule has 2 aromatic heterocycles. The number of hydrogen-bond donors (Lipinski definition) is 1. The first-order valence-electron chi connectivity index (χ1n) is 8.96. The van der Waals surface area contributed by atoms with Crippen LogP contribution in [-0.2, 0) is 4.79 Å². The Balaban J connectivity index is 1.73. The number of hydrogen-bond acceptors (Lipinski definition) is 4. The Morgan fingerprint density at radius 2 is 2.00 bits per heavy atom. The molecule has 3 aromatic rings. The van der Waals surface area contributed by atoms with Gasteiger partial charge in [-0.1, -0.05) is 18.2 Å². The number of carbonyl (C=O) groups is 1. The second kappa shape index (κ2) is 6.48. The van der Waals surface area contributed by atoms with Crippen LogP contribution < -0.4 is 10.2 Å². The minimum atomic E-state index is -0.0131. The summed E-state index contributed by atoms with van der Waals surface area (Å²) < 4.78 is 5.88. The van der Waals surface area contributed by atoms with Gasteiger partial charge in [0.25, 0.3) is 0 Å². The van der Waals surface area contributed by atoms with E-state index in [2.05, 4.69) is 27.3 Å². The van der Waals surface area contributed by atoms with Crippen molar-refractivity contribution >= 4 is 22.5 Å². The van der Waals surface area contributed by atoms with Crippen LogP contribution in [0.2, 0.25) is 0 Å². The van der Waals surface area contributed by atoms with E-state index in [0.29, 0.717) is 0 Å².